The maximum absolute atomic E-state index is 12.6. The molecule has 2 aliphatic rings. The Balaban J connectivity index is 1.52. The van der Waals surface area contributed by atoms with Crippen LogP contribution in [0.4, 0.5) is 10.6 Å². The normalized spacial score (nSPS) is 24.4. The topological polar surface area (TPSA) is 125 Å². The number of hydrogen-bond acceptors (Lipinski definition) is 8. The molecule has 0 aromatic carbocycles. The molecule has 0 aliphatic carbocycles. The second-order valence-corrected chi connectivity index (χ2v) is 12.5. The average molecular weight is 506 g/mol. The Morgan fingerprint density at radius 3 is 2.66 bits per heavy atom. The van der Waals surface area contributed by atoms with Gasteiger partial charge in [0.05, 0.1) is 24.1 Å². The molecule has 1 amide bonds. The number of amides is 1. The van der Waals surface area contributed by atoms with E-state index in [1.165, 1.54) is 4.31 Å². The average Bonchev–Trinajstić information content (AvgIpc) is 2.78. The van der Waals surface area contributed by atoms with Gasteiger partial charge in [-0.3, -0.25) is 4.98 Å². The standard InChI is InChI=1S/C24H35N5O5S/c1-24(2,3)34-23(31)28-10-5-6-17(14-28)22-18-12-21(26-13-16(18)7-9-25-22)27-19-8-11-29(15-20(19)30)35(4,32)33/h7,9,12-13,17,19-20,30H,5-6,8,10-11,14-15H2,1-4H3,(H,26,27)/t17?,19-,20-/m1/s1. The first-order chi connectivity index (χ1) is 16.4. The van der Waals surface area contributed by atoms with E-state index >= 15 is 0 Å². The van der Waals surface area contributed by atoms with E-state index in [0.29, 0.717) is 31.9 Å². The number of hydrogen-bond donors (Lipinski definition) is 2. The molecule has 3 atom stereocenters. The zero-order chi connectivity index (χ0) is 25.4. The van der Waals surface area contributed by atoms with Crippen LogP contribution in [0, 0.1) is 0 Å². The number of carbonyl (C=O) groups excluding carboxylic acids is 1. The molecule has 0 saturated carbocycles. The number of carbonyl (C=O) groups is 1. The third-order valence-electron chi connectivity index (χ3n) is 6.49. The van der Waals surface area contributed by atoms with Crippen LogP contribution in [0.15, 0.2) is 24.5 Å². The van der Waals surface area contributed by atoms with Crippen molar-refractivity contribution in [3.05, 3.63) is 30.2 Å². The Hall–Kier alpha value is -2.50. The summed E-state index contributed by atoms with van der Waals surface area (Å²) in [5.74, 6) is 0.669. The van der Waals surface area contributed by atoms with E-state index in [2.05, 4.69) is 15.3 Å². The van der Waals surface area contributed by atoms with Gasteiger partial charge >= 0.3 is 6.09 Å². The van der Waals surface area contributed by atoms with E-state index in [9.17, 15) is 18.3 Å². The third kappa shape index (κ3) is 6.20. The number of sulfonamides is 1. The summed E-state index contributed by atoms with van der Waals surface area (Å²) in [5, 5.41) is 15.7. The van der Waals surface area contributed by atoms with Gasteiger partial charge in [0.2, 0.25) is 10.0 Å². The van der Waals surface area contributed by atoms with Gasteiger partial charge in [0.15, 0.2) is 0 Å². The minimum Gasteiger partial charge on any atom is -0.444 e. The van der Waals surface area contributed by atoms with Crippen molar-refractivity contribution in [1.29, 1.82) is 0 Å². The molecule has 0 radical (unpaired) electrons. The van der Waals surface area contributed by atoms with Crippen molar-refractivity contribution in [3.63, 3.8) is 0 Å². The van der Waals surface area contributed by atoms with Gasteiger partial charge in [0.1, 0.15) is 11.4 Å². The number of rotatable bonds is 4. The van der Waals surface area contributed by atoms with Gasteiger partial charge in [-0.15, -0.1) is 0 Å². The second kappa shape index (κ2) is 9.87. The van der Waals surface area contributed by atoms with Crippen molar-refractivity contribution in [2.45, 2.75) is 63.7 Å². The highest BCUT2D eigenvalue weighted by Gasteiger charge is 2.33. The molecule has 1 unspecified atom stereocenters. The van der Waals surface area contributed by atoms with Crippen molar-refractivity contribution in [2.75, 3.05) is 37.8 Å². The summed E-state index contributed by atoms with van der Waals surface area (Å²) in [4.78, 5) is 23.6. The number of pyridine rings is 2. The largest absolute Gasteiger partial charge is 0.444 e. The summed E-state index contributed by atoms with van der Waals surface area (Å²) >= 11 is 0. The number of ether oxygens (including phenoxy) is 1. The molecule has 10 nitrogen and oxygen atoms in total. The van der Waals surface area contributed by atoms with Gasteiger partial charge in [-0.25, -0.2) is 18.2 Å². The fourth-order valence-corrected chi connectivity index (χ4v) is 5.61. The lowest BCUT2D eigenvalue weighted by atomic mass is 9.92. The van der Waals surface area contributed by atoms with Crippen LogP contribution in [0.25, 0.3) is 10.8 Å². The van der Waals surface area contributed by atoms with Gasteiger partial charge in [-0.2, -0.15) is 4.31 Å². The maximum Gasteiger partial charge on any atom is 0.410 e. The van der Waals surface area contributed by atoms with Crippen LogP contribution < -0.4 is 5.32 Å². The molecule has 2 N–H and O–H groups in total. The predicted octanol–water partition coefficient (Wildman–Crippen LogP) is 2.55. The molecule has 0 spiro atoms. The minimum atomic E-state index is -3.34. The Labute approximate surface area is 206 Å². The highest BCUT2D eigenvalue weighted by Crippen LogP contribution is 2.32. The molecule has 4 heterocycles. The molecule has 2 aliphatic heterocycles. The SMILES string of the molecule is CC(C)(C)OC(=O)N1CCCC(c2nccc3cnc(N[C@@H]4CCN(S(C)(=O)=O)C[C@H]4O)cc23)C1. The van der Waals surface area contributed by atoms with E-state index in [1.54, 1.807) is 17.3 Å². The van der Waals surface area contributed by atoms with Gasteiger partial charge < -0.3 is 20.1 Å². The summed E-state index contributed by atoms with van der Waals surface area (Å²) < 4.78 is 30.5. The Morgan fingerprint density at radius 2 is 1.97 bits per heavy atom. The smallest absolute Gasteiger partial charge is 0.410 e. The molecular weight excluding hydrogens is 470 g/mol. The lowest BCUT2D eigenvalue weighted by Crippen LogP contribution is -2.51. The summed E-state index contributed by atoms with van der Waals surface area (Å²) in [6, 6.07) is 3.53. The van der Waals surface area contributed by atoms with Gasteiger partial charge in [-0.1, -0.05) is 0 Å². The first-order valence-electron chi connectivity index (χ1n) is 12.0. The molecule has 4 rings (SSSR count). The van der Waals surface area contributed by atoms with Crippen LogP contribution >= 0.6 is 0 Å². The monoisotopic (exact) mass is 505 g/mol. The van der Waals surface area contributed by atoms with Crippen LogP contribution in [0.3, 0.4) is 0 Å². The number of nitrogens with zero attached hydrogens (tertiary/aromatic N) is 4. The Morgan fingerprint density at radius 1 is 1.20 bits per heavy atom. The number of likely N-dealkylation sites (tertiary alicyclic amines) is 1. The van der Waals surface area contributed by atoms with Crippen LogP contribution in [-0.4, -0.2) is 89.0 Å². The van der Waals surface area contributed by atoms with Gasteiger partial charge in [-0.05, 0) is 52.2 Å². The third-order valence-corrected chi connectivity index (χ3v) is 7.75. The van der Waals surface area contributed by atoms with Crippen molar-refractivity contribution in [2.24, 2.45) is 0 Å². The molecule has 192 valence electrons. The van der Waals surface area contributed by atoms with E-state index < -0.39 is 21.7 Å². The van der Waals surface area contributed by atoms with Crippen LogP contribution in [0.5, 0.6) is 0 Å². The Bertz CT molecular complexity index is 1180. The predicted molar refractivity (Wildman–Crippen MR) is 134 cm³/mol. The van der Waals surface area contributed by atoms with Gasteiger partial charge in [0.25, 0.3) is 0 Å². The fourth-order valence-electron chi connectivity index (χ4n) is 4.75. The lowest BCUT2D eigenvalue weighted by molar-refractivity contribution is 0.0197. The Kier molecular flexibility index (Phi) is 7.21. The molecule has 2 aromatic heterocycles. The van der Waals surface area contributed by atoms with Crippen molar-refractivity contribution in [1.82, 2.24) is 19.2 Å². The summed E-state index contributed by atoms with van der Waals surface area (Å²) in [5.41, 5.74) is 0.365. The zero-order valence-electron chi connectivity index (χ0n) is 20.8. The summed E-state index contributed by atoms with van der Waals surface area (Å²) in [6.07, 6.45) is 5.80. The summed E-state index contributed by atoms with van der Waals surface area (Å²) in [6.45, 7) is 7.19. The molecule has 2 fully saturated rings. The van der Waals surface area contributed by atoms with Crippen LogP contribution in [-0.2, 0) is 14.8 Å². The number of aromatic nitrogens is 2. The van der Waals surface area contributed by atoms with Gasteiger partial charge in [0, 0.05) is 55.3 Å². The zero-order valence-corrected chi connectivity index (χ0v) is 21.6. The number of piperidine rings is 2. The fraction of sp³-hybridized carbons (Fsp3) is 0.625. The number of nitrogens with one attached hydrogen (secondary N) is 1. The maximum atomic E-state index is 12.6. The van der Waals surface area contributed by atoms with E-state index in [4.69, 9.17) is 4.74 Å². The van der Waals surface area contributed by atoms with Crippen molar-refractivity contribution < 1.29 is 23.1 Å². The minimum absolute atomic E-state index is 0.0550. The van der Waals surface area contributed by atoms with E-state index in [0.717, 1.165) is 35.6 Å². The lowest BCUT2D eigenvalue weighted by Gasteiger charge is -2.35. The number of aliphatic hydroxyl groups is 1. The summed E-state index contributed by atoms with van der Waals surface area (Å²) in [7, 11) is -3.34. The highest BCUT2D eigenvalue weighted by atomic mass is 32.2. The molecule has 35 heavy (non-hydrogen) atoms. The quantitative estimate of drug-likeness (QED) is 0.650. The molecule has 11 heteroatoms. The van der Waals surface area contributed by atoms with Crippen molar-refractivity contribution >= 4 is 32.7 Å². The van der Waals surface area contributed by atoms with Crippen molar-refractivity contribution in [3.8, 4) is 0 Å². The number of fused-ring (bicyclic) bond motifs is 1. The molecule has 2 aromatic rings. The number of anilines is 1. The molecule has 0 bridgehead atoms. The first-order valence-corrected chi connectivity index (χ1v) is 13.9. The van der Waals surface area contributed by atoms with Crippen LogP contribution in [0.1, 0.15) is 51.6 Å². The second-order valence-electron chi connectivity index (χ2n) is 10.5. The molecular formula is C24H35N5O5S. The van der Waals surface area contributed by atoms with Crippen LogP contribution in [0.2, 0.25) is 0 Å². The number of β-amino-alcohol motifs (C(OH)–C–C–N with tert-alkyl or cyclic N) is 1. The highest BCUT2D eigenvalue weighted by molar-refractivity contribution is 7.88. The molecule has 2 saturated heterocycles. The van der Waals surface area contributed by atoms with E-state index in [1.807, 2.05) is 32.9 Å². The van der Waals surface area contributed by atoms with E-state index in [-0.39, 0.29) is 24.6 Å². The first kappa shape index (κ1) is 25.6. The number of aliphatic hydroxyl groups excluding tert-OH is 1.